The molecule has 138 valence electrons. The molecule has 0 fully saturated rings. The maximum Gasteiger partial charge on any atom is 0.309 e. The molecule has 10 nitrogen and oxygen atoms in total. The second-order valence-electron chi connectivity index (χ2n) is 4.82. The first-order valence-corrected chi connectivity index (χ1v) is 7.30. The summed E-state index contributed by atoms with van der Waals surface area (Å²) < 4.78 is 14.6. The number of aliphatic hydroxyl groups is 1. The first-order chi connectivity index (χ1) is 11.2. The molecular weight excluding hydrogens is 328 g/mol. The second kappa shape index (κ2) is 12.3. The number of carboxylic acids is 2. The predicted molar refractivity (Wildman–Crippen MR) is 76.6 cm³/mol. The van der Waals surface area contributed by atoms with Crippen LogP contribution < -0.4 is 0 Å². The standard InChI is InChI=1S/C14H22O10/c1-9(15)23-14(24-13(21)7-5-11(18)19)3-2-8-22-12(20)6-4-10(16)17/h12,14,20H,2-8H2,1H3,(H,16,17)(H,18,19). The SMILES string of the molecule is CC(=O)OC(CCCOC(O)CCC(=O)O)OC(=O)CCC(=O)O. The Kier molecular flexibility index (Phi) is 11.1. The highest BCUT2D eigenvalue weighted by Gasteiger charge is 2.18. The summed E-state index contributed by atoms with van der Waals surface area (Å²) in [6.07, 6.45) is -3.11. The van der Waals surface area contributed by atoms with Gasteiger partial charge in [-0.15, -0.1) is 0 Å². The van der Waals surface area contributed by atoms with Crippen molar-refractivity contribution in [3.05, 3.63) is 0 Å². The molecule has 10 heteroatoms. The lowest BCUT2D eigenvalue weighted by Crippen LogP contribution is -2.25. The largest absolute Gasteiger partial charge is 0.481 e. The van der Waals surface area contributed by atoms with Crippen LogP contribution in [-0.2, 0) is 33.4 Å². The van der Waals surface area contributed by atoms with Gasteiger partial charge in [0.05, 0.1) is 19.3 Å². The van der Waals surface area contributed by atoms with E-state index in [1.165, 1.54) is 0 Å². The normalized spacial score (nSPS) is 12.9. The molecule has 0 aromatic heterocycles. The summed E-state index contributed by atoms with van der Waals surface area (Å²) >= 11 is 0. The summed E-state index contributed by atoms with van der Waals surface area (Å²) in [5, 5.41) is 26.3. The summed E-state index contributed by atoms with van der Waals surface area (Å²) in [5.74, 6) is -3.69. The monoisotopic (exact) mass is 350 g/mol. The highest BCUT2D eigenvalue weighted by atomic mass is 16.7. The van der Waals surface area contributed by atoms with Crippen LogP contribution in [0.2, 0.25) is 0 Å². The topological polar surface area (TPSA) is 157 Å². The Hall–Kier alpha value is -2.20. The van der Waals surface area contributed by atoms with E-state index in [1.807, 2.05) is 0 Å². The maximum atomic E-state index is 11.4. The average Bonchev–Trinajstić information content (AvgIpc) is 2.46. The van der Waals surface area contributed by atoms with Crippen molar-refractivity contribution in [3.8, 4) is 0 Å². The maximum absolute atomic E-state index is 11.4. The molecular formula is C14H22O10. The van der Waals surface area contributed by atoms with E-state index in [1.54, 1.807) is 0 Å². The van der Waals surface area contributed by atoms with E-state index in [0.29, 0.717) is 0 Å². The molecule has 0 saturated carbocycles. The van der Waals surface area contributed by atoms with Crippen molar-refractivity contribution in [2.24, 2.45) is 0 Å². The molecule has 3 N–H and O–H groups in total. The van der Waals surface area contributed by atoms with Crippen molar-refractivity contribution in [1.82, 2.24) is 0 Å². The van der Waals surface area contributed by atoms with Crippen LogP contribution in [0.1, 0.15) is 45.4 Å². The average molecular weight is 350 g/mol. The fourth-order valence-electron chi connectivity index (χ4n) is 1.54. The van der Waals surface area contributed by atoms with Crippen LogP contribution in [0.15, 0.2) is 0 Å². The van der Waals surface area contributed by atoms with Crippen molar-refractivity contribution >= 4 is 23.9 Å². The number of carboxylic acid groups (broad SMARTS) is 2. The molecule has 0 amide bonds. The fraction of sp³-hybridized carbons (Fsp3) is 0.714. The van der Waals surface area contributed by atoms with E-state index in [0.717, 1.165) is 6.92 Å². The van der Waals surface area contributed by atoms with Crippen molar-refractivity contribution in [2.75, 3.05) is 6.61 Å². The van der Waals surface area contributed by atoms with Gasteiger partial charge in [0, 0.05) is 26.4 Å². The van der Waals surface area contributed by atoms with Gasteiger partial charge in [-0.05, 0) is 6.42 Å². The first kappa shape index (κ1) is 21.8. The molecule has 0 spiro atoms. The van der Waals surface area contributed by atoms with E-state index in [9.17, 15) is 24.3 Å². The van der Waals surface area contributed by atoms with Gasteiger partial charge in [-0.1, -0.05) is 0 Å². The number of hydrogen-bond acceptors (Lipinski definition) is 8. The molecule has 0 aliphatic carbocycles. The third-order valence-electron chi connectivity index (χ3n) is 2.60. The molecule has 0 bridgehead atoms. The summed E-state index contributed by atoms with van der Waals surface area (Å²) in [6.45, 7) is 1.16. The number of carbonyl (C=O) groups is 4. The summed E-state index contributed by atoms with van der Waals surface area (Å²) in [6, 6.07) is 0. The Bertz CT molecular complexity index is 433. The van der Waals surface area contributed by atoms with E-state index < -0.39 is 42.9 Å². The third-order valence-corrected chi connectivity index (χ3v) is 2.60. The molecule has 0 aromatic rings. The molecule has 0 heterocycles. The van der Waals surface area contributed by atoms with Crippen LogP contribution in [0, 0.1) is 0 Å². The minimum Gasteiger partial charge on any atom is -0.481 e. The summed E-state index contributed by atoms with van der Waals surface area (Å²) in [5.41, 5.74) is 0. The Balaban J connectivity index is 4.10. The number of rotatable bonds is 13. The molecule has 2 unspecified atom stereocenters. The van der Waals surface area contributed by atoms with E-state index >= 15 is 0 Å². The van der Waals surface area contributed by atoms with Crippen LogP contribution in [0.4, 0.5) is 0 Å². The Labute approximate surface area is 138 Å². The first-order valence-electron chi connectivity index (χ1n) is 7.30. The second-order valence-corrected chi connectivity index (χ2v) is 4.82. The molecule has 0 aromatic carbocycles. The Morgan fingerprint density at radius 3 is 2.08 bits per heavy atom. The number of aliphatic hydroxyl groups excluding tert-OH is 1. The quantitative estimate of drug-likeness (QED) is 0.239. The van der Waals surface area contributed by atoms with Gasteiger partial charge in [-0.2, -0.15) is 0 Å². The number of carbonyl (C=O) groups excluding carboxylic acids is 2. The van der Waals surface area contributed by atoms with Gasteiger partial charge in [0.2, 0.25) is 6.29 Å². The third kappa shape index (κ3) is 13.5. The zero-order valence-corrected chi connectivity index (χ0v) is 13.3. The van der Waals surface area contributed by atoms with Crippen molar-refractivity contribution in [1.29, 1.82) is 0 Å². The highest BCUT2D eigenvalue weighted by Crippen LogP contribution is 2.09. The van der Waals surface area contributed by atoms with Crippen LogP contribution in [0.3, 0.4) is 0 Å². The van der Waals surface area contributed by atoms with E-state index in [-0.39, 0.29) is 38.7 Å². The predicted octanol–water partition coefficient (Wildman–Crippen LogP) is 0.264. The molecule has 2 atom stereocenters. The molecule has 0 rings (SSSR count). The lowest BCUT2D eigenvalue weighted by molar-refractivity contribution is -0.189. The number of aliphatic carboxylic acids is 2. The lowest BCUT2D eigenvalue weighted by atomic mass is 10.3. The van der Waals surface area contributed by atoms with Gasteiger partial charge < -0.3 is 29.5 Å². The molecule has 0 saturated heterocycles. The van der Waals surface area contributed by atoms with Gasteiger partial charge in [0.25, 0.3) is 0 Å². The van der Waals surface area contributed by atoms with Crippen molar-refractivity contribution < 1.29 is 48.7 Å². The van der Waals surface area contributed by atoms with Crippen LogP contribution in [0.25, 0.3) is 0 Å². The molecule has 0 aliphatic heterocycles. The fourth-order valence-corrected chi connectivity index (χ4v) is 1.54. The van der Waals surface area contributed by atoms with Gasteiger partial charge in [-0.3, -0.25) is 19.2 Å². The summed E-state index contributed by atoms with van der Waals surface area (Å²) in [4.78, 5) is 43.1. The van der Waals surface area contributed by atoms with Crippen molar-refractivity contribution in [2.45, 2.75) is 58.0 Å². The zero-order valence-electron chi connectivity index (χ0n) is 13.3. The number of hydrogen-bond donors (Lipinski definition) is 3. The van der Waals surface area contributed by atoms with Crippen molar-refractivity contribution in [3.63, 3.8) is 0 Å². The van der Waals surface area contributed by atoms with Gasteiger partial charge in [0.1, 0.15) is 0 Å². The Morgan fingerprint density at radius 2 is 1.54 bits per heavy atom. The van der Waals surface area contributed by atoms with E-state index in [2.05, 4.69) is 0 Å². The van der Waals surface area contributed by atoms with Crippen LogP contribution >= 0.6 is 0 Å². The Morgan fingerprint density at radius 1 is 0.917 bits per heavy atom. The van der Waals surface area contributed by atoms with Gasteiger partial charge >= 0.3 is 23.9 Å². The number of esters is 2. The number of ether oxygens (including phenoxy) is 3. The van der Waals surface area contributed by atoms with Gasteiger partial charge in [0.15, 0.2) is 6.29 Å². The minimum atomic E-state index is -1.23. The highest BCUT2D eigenvalue weighted by molar-refractivity contribution is 5.76. The van der Waals surface area contributed by atoms with Crippen LogP contribution in [-0.4, -0.2) is 58.4 Å². The van der Waals surface area contributed by atoms with Gasteiger partial charge in [-0.25, -0.2) is 0 Å². The van der Waals surface area contributed by atoms with Crippen LogP contribution in [0.5, 0.6) is 0 Å². The summed E-state index contributed by atoms with van der Waals surface area (Å²) in [7, 11) is 0. The molecule has 0 radical (unpaired) electrons. The zero-order chi connectivity index (χ0) is 18.5. The minimum absolute atomic E-state index is 0.0330. The lowest BCUT2D eigenvalue weighted by Gasteiger charge is -2.18. The molecule has 0 aliphatic rings. The molecule has 24 heavy (non-hydrogen) atoms. The smallest absolute Gasteiger partial charge is 0.309 e. The van der Waals surface area contributed by atoms with E-state index in [4.69, 9.17) is 24.4 Å².